The van der Waals surface area contributed by atoms with Gasteiger partial charge in [0.2, 0.25) is 0 Å². The molecule has 1 amide bonds. The van der Waals surface area contributed by atoms with Gasteiger partial charge in [0.25, 0.3) is 0 Å². The van der Waals surface area contributed by atoms with Crippen molar-refractivity contribution in [2.24, 2.45) is 12.5 Å². The Labute approximate surface area is 145 Å². The normalized spacial score (nSPS) is 24.2. The van der Waals surface area contributed by atoms with Gasteiger partial charge in [-0.15, -0.1) is 4.72 Å². The van der Waals surface area contributed by atoms with Gasteiger partial charge in [0.1, 0.15) is 4.75 Å². The van der Waals surface area contributed by atoms with E-state index in [-0.39, 0.29) is 16.2 Å². The van der Waals surface area contributed by atoms with Gasteiger partial charge in [-0.25, -0.2) is 4.79 Å². The van der Waals surface area contributed by atoms with Crippen molar-refractivity contribution < 1.29 is 14.5 Å². The number of nitrogens with one attached hydrogen (secondary N) is 1. The fraction of sp³-hybridized carbons (Fsp3) is 0.750. The van der Waals surface area contributed by atoms with E-state index in [0.29, 0.717) is 13.1 Å². The number of aromatic nitrogens is 2. The first kappa shape index (κ1) is 17.6. The number of amides is 1. The van der Waals surface area contributed by atoms with Gasteiger partial charge in [-0.05, 0) is 40.0 Å². The minimum absolute atomic E-state index is 0.0443. The highest BCUT2D eigenvalue weighted by Crippen LogP contribution is 2.52. The van der Waals surface area contributed by atoms with Crippen LogP contribution >= 0.6 is 0 Å². The fourth-order valence-electron chi connectivity index (χ4n) is 3.78. The lowest BCUT2D eigenvalue weighted by molar-refractivity contribution is 0.0757. The smallest absolute Gasteiger partial charge is 0.407 e. The molecule has 0 aromatic carbocycles. The van der Waals surface area contributed by atoms with Crippen LogP contribution < -0.4 is 4.72 Å². The molecule has 1 saturated heterocycles. The first-order chi connectivity index (χ1) is 11.1. The van der Waals surface area contributed by atoms with Crippen molar-refractivity contribution in [3.05, 3.63) is 17.5 Å². The Kier molecular flexibility index (Phi) is 4.34. The van der Waals surface area contributed by atoms with Gasteiger partial charge >= 0.3 is 6.09 Å². The van der Waals surface area contributed by atoms with Gasteiger partial charge in [0.05, 0.1) is 11.7 Å². The van der Waals surface area contributed by atoms with E-state index < -0.39 is 17.5 Å². The molecule has 134 valence electrons. The molecule has 0 saturated carbocycles. The van der Waals surface area contributed by atoms with Crippen LogP contribution in [0.1, 0.15) is 50.9 Å². The second-order valence-electron chi connectivity index (χ2n) is 7.95. The fourth-order valence-corrected chi connectivity index (χ4v) is 4.72. The Morgan fingerprint density at radius 1 is 1.46 bits per heavy atom. The average molecular weight is 354 g/mol. The summed E-state index contributed by atoms with van der Waals surface area (Å²) < 4.78 is 17.5. The number of likely N-dealkylation sites (tertiary alicyclic amines) is 1. The summed E-state index contributed by atoms with van der Waals surface area (Å²) in [6.07, 6.45) is 3.49. The van der Waals surface area contributed by atoms with E-state index in [1.165, 1.54) is 4.90 Å². The van der Waals surface area contributed by atoms with Crippen molar-refractivity contribution in [1.82, 2.24) is 19.4 Å². The molecule has 7 nitrogen and oxygen atoms in total. The molecular weight excluding hydrogens is 328 g/mol. The van der Waals surface area contributed by atoms with Crippen molar-refractivity contribution in [3.63, 3.8) is 0 Å². The van der Waals surface area contributed by atoms with Crippen LogP contribution in [0, 0.1) is 5.41 Å². The van der Waals surface area contributed by atoms with Crippen molar-refractivity contribution in [3.8, 4) is 0 Å². The van der Waals surface area contributed by atoms with E-state index in [1.54, 1.807) is 4.68 Å². The van der Waals surface area contributed by atoms with Crippen LogP contribution in [0.5, 0.6) is 0 Å². The number of aryl methyl sites for hydroxylation is 1. The SMILES string of the molecule is Cn1cc2c(n1)CC1(CCN(C(=O)O)CC1)[C@H]2N[S+]([O-])C(C)(C)C. The molecule has 1 unspecified atom stereocenters. The Morgan fingerprint density at radius 2 is 2.08 bits per heavy atom. The van der Waals surface area contributed by atoms with Crippen LogP contribution in [-0.4, -0.2) is 48.3 Å². The van der Waals surface area contributed by atoms with E-state index in [9.17, 15) is 14.5 Å². The van der Waals surface area contributed by atoms with Crippen molar-refractivity contribution in [1.29, 1.82) is 0 Å². The van der Waals surface area contributed by atoms with Gasteiger partial charge in [0.15, 0.2) is 0 Å². The summed E-state index contributed by atoms with van der Waals surface area (Å²) in [6.45, 7) is 6.90. The van der Waals surface area contributed by atoms with Gasteiger partial charge in [-0.1, -0.05) is 0 Å². The zero-order chi connectivity index (χ0) is 17.7. The quantitative estimate of drug-likeness (QED) is 0.790. The standard InChI is InChI=1S/C16H26N4O3S/c1-15(2,3)24(23)18-13-11-10-19(4)17-12(11)9-16(13)5-7-20(8-6-16)14(21)22/h10,13,18H,5-9H2,1-4H3,(H,21,22)/t13-,24?/m0/s1. The maximum atomic E-state index is 12.7. The molecule has 2 atom stereocenters. The van der Waals surface area contributed by atoms with E-state index in [4.69, 9.17) is 0 Å². The van der Waals surface area contributed by atoms with Crippen LogP contribution in [0.4, 0.5) is 4.79 Å². The summed E-state index contributed by atoms with van der Waals surface area (Å²) in [7, 11) is 1.90. The third kappa shape index (κ3) is 3.02. The topological polar surface area (TPSA) is 93.5 Å². The molecular formula is C16H26N4O3S. The molecule has 0 radical (unpaired) electrons. The molecule has 1 aromatic rings. The lowest BCUT2D eigenvalue weighted by Gasteiger charge is -2.43. The highest BCUT2D eigenvalue weighted by molar-refractivity contribution is 7.90. The summed E-state index contributed by atoms with van der Waals surface area (Å²) in [5.41, 5.74) is 2.06. The highest BCUT2D eigenvalue weighted by Gasteiger charge is 2.52. The number of rotatable bonds is 2. The number of nitrogens with zero attached hydrogens (tertiary/aromatic N) is 3. The second-order valence-corrected chi connectivity index (χ2v) is 9.94. The number of piperidine rings is 1. The average Bonchev–Trinajstić information content (AvgIpc) is 2.94. The molecule has 1 aliphatic carbocycles. The predicted molar refractivity (Wildman–Crippen MR) is 91.9 cm³/mol. The lowest BCUT2D eigenvalue weighted by Crippen LogP contribution is -2.50. The molecule has 0 bridgehead atoms. The van der Waals surface area contributed by atoms with Crippen molar-refractivity contribution >= 4 is 17.5 Å². The van der Waals surface area contributed by atoms with E-state index in [2.05, 4.69) is 9.82 Å². The maximum Gasteiger partial charge on any atom is 0.407 e. The molecule has 2 N–H and O–H groups in total. The molecule has 1 aromatic heterocycles. The first-order valence-corrected chi connectivity index (χ1v) is 9.46. The summed E-state index contributed by atoms with van der Waals surface area (Å²) in [4.78, 5) is 12.7. The molecule has 24 heavy (non-hydrogen) atoms. The van der Waals surface area contributed by atoms with Crippen molar-refractivity contribution in [2.75, 3.05) is 13.1 Å². The number of carbonyl (C=O) groups is 1. The summed E-state index contributed by atoms with van der Waals surface area (Å²) in [5.74, 6) is 0. The van der Waals surface area contributed by atoms with Crippen LogP contribution in [0.3, 0.4) is 0 Å². The first-order valence-electron chi connectivity index (χ1n) is 8.31. The van der Waals surface area contributed by atoms with Crippen LogP contribution in [0.2, 0.25) is 0 Å². The summed E-state index contributed by atoms with van der Waals surface area (Å²) >= 11 is -1.19. The van der Waals surface area contributed by atoms with Gasteiger partial charge in [0, 0.05) is 48.7 Å². The molecule has 3 rings (SSSR count). The molecule has 1 spiro atoms. The van der Waals surface area contributed by atoms with E-state index >= 15 is 0 Å². The van der Waals surface area contributed by atoms with Crippen LogP contribution in [0.15, 0.2) is 6.20 Å². The second kappa shape index (κ2) is 5.93. The molecule has 1 aliphatic heterocycles. The van der Waals surface area contributed by atoms with E-state index in [1.807, 2.05) is 34.0 Å². The Hall–Kier alpha value is -1.25. The Bertz CT molecular complexity index is 632. The molecule has 8 heteroatoms. The Balaban J connectivity index is 1.86. The Morgan fingerprint density at radius 3 is 2.62 bits per heavy atom. The van der Waals surface area contributed by atoms with Gasteiger partial charge in [-0.3, -0.25) is 4.68 Å². The number of hydrogen-bond donors (Lipinski definition) is 2. The highest BCUT2D eigenvalue weighted by atomic mass is 32.2. The van der Waals surface area contributed by atoms with Crippen molar-refractivity contribution in [2.45, 2.75) is 50.8 Å². The lowest BCUT2D eigenvalue weighted by atomic mass is 9.73. The predicted octanol–water partition coefficient (Wildman–Crippen LogP) is 1.83. The zero-order valence-electron chi connectivity index (χ0n) is 14.7. The summed E-state index contributed by atoms with van der Waals surface area (Å²) in [5, 5.41) is 13.8. The van der Waals surface area contributed by atoms with Gasteiger partial charge < -0.3 is 14.6 Å². The molecule has 2 heterocycles. The van der Waals surface area contributed by atoms with Crippen LogP contribution in [0.25, 0.3) is 0 Å². The maximum absolute atomic E-state index is 12.7. The number of fused-ring (bicyclic) bond motifs is 1. The third-order valence-corrected chi connectivity index (χ3v) is 6.75. The number of carboxylic acid groups (broad SMARTS) is 1. The molecule has 1 fully saturated rings. The largest absolute Gasteiger partial charge is 0.598 e. The van der Waals surface area contributed by atoms with Crippen LogP contribution in [-0.2, 0) is 24.8 Å². The monoisotopic (exact) mass is 354 g/mol. The minimum Gasteiger partial charge on any atom is -0.598 e. The zero-order valence-corrected chi connectivity index (χ0v) is 15.5. The third-order valence-electron chi connectivity index (χ3n) is 5.19. The van der Waals surface area contributed by atoms with Gasteiger partial charge in [-0.2, -0.15) is 5.10 Å². The summed E-state index contributed by atoms with van der Waals surface area (Å²) in [6, 6.07) is -0.0443. The number of hydrogen-bond acceptors (Lipinski definition) is 4. The molecule has 2 aliphatic rings. The van der Waals surface area contributed by atoms with E-state index in [0.717, 1.165) is 30.5 Å². The minimum atomic E-state index is -1.19.